The van der Waals surface area contributed by atoms with E-state index in [-0.39, 0.29) is 0 Å². The van der Waals surface area contributed by atoms with E-state index in [1.807, 2.05) is 24.3 Å². The van der Waals surface area contributed by atoms with Gasteiger partial charge in [0.05, 0.1) is 0 Å². The van der Waals surface area contributed by atoms with Crippen LogP contribution in [0, 0.1) is 0 Å². The van der Waals surface area contributed by atoms with Gasteiger partial charge >= 0.3 is 0 Å². The minimum Gasteiger partial charge on any atom is -0.0981 e. The summed E-state index contributed by atoms with van der Waals surface area (Å²) in [5.74, 6) is 0. The molecule has 0 amide bonds. The largest absolute Gasteiger partial charge is 0.0981 e. The topological polar surface area (TPSA) is 0 Å². The van der Waals surface area contributed by atoms with Crippen LogP contribution in [0.5, 0.6) is 0 Å². The smallest absolute Gasteiger partial charge is 0.0116 e. The Bertz CT molecular complexity index is 418. The van der Waals surface area contributed by atoms with Crippen molar-refractivity contribution in [3.05, 3.63) is 71.6 Å². The Hall–Kier alpha value is -1.47. The second kappa shape index (κ2) is 5.42. The zero-order chi connectivity index (χ0) is 10.3. The first-order chi connectivity index (χ1) is 7.45. The van der Waals surface area contributed by atoms with Crippen LogP contribution in [0.15, 0.2) is 71.0 Å². The predicted octanol–water partition coefficient (Wildman–Crippen LogP) is 4.45. The van der Waals surface area contributed by atoms with Crippen LogP contribution < -0.4 is 0 Å². The van der Waals surface area contributed by atoms with Gasteiger partial charge in [0.1, 0.15) is 0 Å². The van der Waals surface area contributed by atoms with Gasteiger partial charge in [0.25, 0.3) is 0 Å². The molecule has 0 radical (unpaired) electrons. The molecular weight excluding hydrogens is 200 g/mol. The molecule has 0 aliphatic heterocycles. The van der Waals surface area contributed by atoms with Crippen LogP contribution in [0.2, 0.25) is 0 Å². The molecule has 1 heteroatoms. The highest BCUT2D eigenvalue weighted by Crippen LogP contribution is 2.19. The summed E-state index contributed by atoms with van der Waals surface area (Å²) in [5, 5.41) is 2.12. The molecule has 2 aromatic carbocycles. The summed E-state index contributed by atoms with van der Waals surface area (Å²) in [7, 11) is 0. The van der Waals surface area contributed by atoms with Crippen LogP contribution >= 0.6 is 11.8 Å². The molecule has 0 aromatic heterocycles. The molecule has 15 heavy (non-hydrogen) atoms. The summed E-state index contributed by atoms with van der Waals surface area (Å²) >= 11 is 1.73. The number of benzene rings is 2. The lowest BCUT2D eigenvalue weighted by Gasteiger charge is -1.94. The van der Waals surface area contributed by atoms with Gasteiger partial charge in [-0.15, -0.1) is 0 Å². The van der Waals surface area contributed by atoms with E-state index in [1.54, 1.807) is 11.8 Å². The standard InChI is InChI=1S/C14H12S/c1-3-7-13(8-4-1)11-12-15-14-9-5-2-6-10-14/h1-12H/b12-11+. The zero-order valence-corrected chi connectivity index (χ0v) is 9.15. The van der Waals surface area contributed by atoms with Gasteiger partial charge in [0.2, 0.25) is 0 Å². The molecule has 2 rings (SSSR count). The SMILES string of the molecule is C(=C\c1ccccc1)/Sc1ccccc1. The molecule has 0 aliphatic rings. The maximum Gasteiger partial charge on any atom is 0.0116 e. The molecule has 0 fully saturated rings. The normalized spacial score (nSPS) is 10.7. The quantitative estimate of drug-likeness (QED) is 0.677. The van der Waals surface area contributed by atoms with Gasteiger partial charge in [-0.3, -0.25) is 0 Å². The summed E-state index contributed by atoms with van der Waals surface area (Å²) in [4.78, 5) is 1.27. The Morgan fingerprint density at radius 1 is 0.733 bits per heavy atom. The second-order valence-electron chi connectivity index (χ2n) is 3.14. The molecule has 0 unspecified atom stereocenters. The Morgan fingerprint density at radius 2 is 1.33 bits per heavy atom. The number of hydrogen-bond acceptors (Lipinski definition) is 1. The molecule has 0 spiro atoms. The van der Waals surface area contributed by atoms with Crippen LogP contribution in [0.25, 0.3) is 6.08 Å². The fourth-order valence-corrected chi connectivity index (χ4v) is 1.95. The average molecular weight is 212 g/mol. The van der Waals surface area contributed by atoms with E-state index in [9.17, 15) is 0 Å². The Morgan fingerprint density at radius 3 is 2.00 bits per heavy atom. The first-order valence-electron chi connectivity index (χ1n) is 4.88. The van der Waals surface area contributed by atoms with Crippen molar-refractivity contribution in [1.82, 2.24) is 0 Å². The Kier molecular flexibility index (Phi) is 3.64. The summed E-state index contributed by atoms with van der Waals surface area (Å²) in [6.07, 6.45) is 2.12. The van der Waals surface area contributed by atoms with Crippen molar-refractivity contribution in [2.45, 2.75) is 4.90 Å². The fourth-order valence-electron chi connectivity index (χ4n) is 1.25. The molecule has 0 nitrogen and oxygen atoms in total. The van der Waals surface area contributed by atoms with E-state index in [1.165, 1.54) is 10.5 Å². The minimum atomic E-state index is 1.24. The van der Waals surface area contributed by atoms with Crippen molar-refractivity contribution in [2.24, 2.45) is 0 Å². The Balaban J connectivity index is 1.97. The molecule has 0 N–H and O–H groups in total. The highest BCUT2D eigenvalue weighted by molar-refractivity contribution is 8.02. The van der Waals surface area contributed by atoms with Crippen molar-refractivity contribution in [2.75, 3.05) is 0 Å². The highest BCUT2D eigenvalue weighted by atomic mass is 32.2. The lowest BCUT2D eigenvalue weighted by molar-refractivity contribution is 1.47. The third-order valence-corrected chi connectivity index (χ3v) is 2.82. The molecule has 0 atom stereocenters. The van der Waals surface area contributed by atoms with Crippen LogP contribution in [0.1, 0.15) is 5.56 Å². The van der Waals surface area contributed by atoms with Gasteiger partial charge < -0.3 is 0 Å². The van der Waals surface area contributed by atoms with Crippen molar-refractivity contribution in [1.29, 1.82) is 0 Å². The van der Waals surface area contributed by atoms with Crippen molar-refractivity contribution in [3.8, 4) is 0 Å². The van der Waals surface area contributed by atoms with Gasteiger partial charge in [-0.2, -0.15) is 0 Å². The second-order valence-corrected chi connectivity index (χ2v) is 4.12. The van der Waals surface area contributed by atoms with Crippen LogP contribution in [0.3, 0.4) is 0 Å². The van der Waals surface area contributed by atoms with E-state index in [2.05, 4.69) is 47.9 Å². The molecule has 0 saturated heterocycles. The minimum absolute atomic E-state index is 1.24. The van der Waals surface area contributed by atoms with Crippen molar-refractivity contribution >= 4 is 17.8 Å². The maximum absolute atomic E-state index is 2.12. The summed E-state index contributed by atoms with van der Waals surface area (Å²) in [5.41, 5.74) is 1.24. The molecule has 2 aromatic rings. The molecule has 0 aliphatic carbocycles. The van der Waals surface area contributed by atoms with Gasteiger partial charge in [0, 0.05) is 4.90 Å². The summed E-state index contributed by atoms with van der Waals surface area (Å²) < 4.78 is 0. The summed E-state index contributed by atoms with van der Waals surface area (Å²) in [6.45, 7) is 0. The molecule has 0 bridgehead atoms. The zero-order valence-electron chi connectivity index (χ0n) is 8.34. The first kappa shape index (κ1) is 10.1. The predicted molar refractivity (Wildman–Crippen MR) is 67.8 cm³/mol. The van der Waals surface area contributed by atoms with Crippen LogP contribution in [-0.2, 0) is 0 Å². The van der Waals surface area contributed by atoms with Gasteiger partial charge in [-0.05, 0) is 29.2 Å². The first-order valence-corrected chi connectivity index (χ1v) is 5.76. The molecule has 0 heterocycles. The lowest BCUT2D eigenvalue weighted by Crippen LogP contribution is -1.67. The van der Waals surface area contributed by atoms with Gasteiger partial charge in [0.15, 0.2) is 0 Å². The average Bonchev–Trinajstić information content (AvgIpc) is 2.32. The number of rotatable bonds is 3. The third-order valence-electron chi connectivity index (χ3n) is 2.01. The van der Waals surface area contributed by atoms with E-state index in [0.717, 1.165) is 0 Å². The van der Waals surface area contributed by atoms with Crippen LogP contribution in [0.4, 0.5) is 0 Å². The van der Waals surface area contributed by atoms with Gasteiger partial charge in [-0.25, -0.2) is 0 Å². The van der Waals surface area contributed by atoms with Gasteiger partial charge in [-0.1, -0.05) is 60.3 Å². The van der Waals surface area contributed by atoms with E-state index in [4.69, 9.17) is 0 Å². The molecule has 74 valence electrons. The fraction of sp³-hybridized carbons (Fsp3) is 0. The monoisotopic (exact) mass is 212 g/mol. The number of hydrogen-bond donors (Lipinski definition) is 0. The lowest BCUT2D eigenvalue weighted by atomic mass is 10.2. The molecule has 0 saturated carbocycles. The van der Waals surface area contributed by atoms with Crippen molar-refractivity contribution < 1.29 is 0 Å². The van der Waals surface area contributed by atoms with Crippen LogP contribution in [-0.4, -0.2) is 0 Å². The summed E-state index contributed by atoms with van der Waals surface area (Å²) in [6, 6.07) is 20.7. The van der Waals surface area contributed by atoms with E-state index < -0.39 is 0 Å². The Labute approximate surface area is 94.7 Å². The molecular formula is C14H12S. The van der Waals surface area contributed by atoms with Crippen molar-refractivity contribution in [3.63, 3.8) is 0 Å². The van der Waals surface area contributed by atoms with E-state index in [0.29, 0.717) is 0 Å². The highest BCUT2D eigenvalue weighted by Gasteiger charge is 1.87. The number of thioether (sulfide) groups is 1. The van der Waals surface area contributed by atoms with E-state index >= 15 is 0 Å². The third kappa shape index (κ3) is 3.30. The maximum atomic E-state index is 2.12.